The number of carbonyl (C=O) groups excluding carboxylic acids is 2. The summed E-state index contributed by atoms with van der Waals surface area (Å²) in [6.45, 7) is 0.283. The fraction of sp³-hybridized carbons (Fsp3) is 0.154. The van der Waals surface area contributed by atoms with Crippen LogP contribution in [0.2, 0.25) is 0 Å². The molecule has 2 amide bonds. The lowest BCUT2D eigenvalue weighted by Crippen LogP contribution is -2.25. The van der Waals surface area contributed by atoms with Gasteiger partial charge in [0.1, 0.15) is 29.7 Å². The number of nitrogens with zero attached hydrogens (tertiary/aromatic N) is 3. The Hall–Kier alpha value is -4.29. The van der Waals surface area contributed by atoms with Crippen LogP contribution >= 0.6 is 11.8 Å². The smallest absolute Gasteiger partial charge is 0.286 e. The van der Waals surface area contributed by atoms with Gasteiger partial charge in [0.2, 0.25) is 5.91 Å². The van der Waals surface area contributed by atoms with E-state index in [0.29, 0.717) is 29.2 Å². The molecular formula is C26H20N4O4S. The highest BCUT2D eigenvalue weighted by atomic mass is 32.2. The van der Waals surface area contributed by atoms with Crippen molar-refractivity contribution in [2.45, 2.75) is 18.3 Å². The van der Waals surface area contributed by atoms with E-state index in [4.69, 9.17) is 14.7 Å². The van der Waals surface area contributed by atoms with E-state index >= 15 is 0 Å². The van der Waals surface area contributed by atoms with Crippen molar-refractivity contribution in [3.8, 4) is 23.3 Å². The molecule has 5 rings (SSSR count). The first-order valence-corrected chi connectivity index (χ1v) is 11.7. The van der Waals surface area contributed by atoms with Crippen molar-refractivity contribution in [3.05, 3.63) is 83.7 Å². The molecule has 1 aromatic heterocycles. The molecule has 0 saturated carbocycles. The molecule has 0 aliphatic carbocycles. The Morgan fingerprint density at radius 2 is 1.74 bits per heavy atom. The summed E-state index contributed by atoms with van der Waals surface area (Å²) in [5, 5.41) is 10.6. The molecule has 9 heteroatoms. The molecule has 1 unspecified atom stereocenters. The number of aryl methyl sites for hydroxylation is 1. The third-order valence-electron chi connectivity index (χ3n) is 5.64. The maximum atomic E-state index is 11.8. The lowest BCUT2D eigenvalue weighted by Gasteiger charge is -2.09. The molecule has 1 atom stereocenters. The molecule has 8 nitrogen and oxygen atoms in total. The Morgan fingerprint density at radius 3 is 2.43 bits per heavy atom. The van der Waals surface area contributed by atoms with Gasteiger partial charge in [0, 0.05) is 13.1 Å². The van der Waals surface area contributed by atoms with Crippen molar-refractivity contribution in [3.63, 3.8) is 0 Å². The van der Waals surface area contributed by atoms with Crippen molar-refractivity contribution < 1.29 is 19.1 Å². The number of hydrogen-bond acceptors (Lipinski definition) is 7. The zero-order chi connectivity index (χ0) is 24.4. The fourth-order valence-corrected chi connectivity index (χ4v) is 4.62. The van der Waals surface area contributed by atoms with Gasteiger partial charge in [-0.25, -0.2) is 4.98 Å². The number of imide groups is 1. The molecule has 174 valence electrons. The first-order valence-electron chi connectivity index (χ1n) is 10.8. The molecule has 1 N–H and O–H groups in total. The quantitative estimate of drug-likeness (QED) is 0.405. The van der Waals surface area contributed by atoms with E-state index in [1.807, 2.05) is 54.1 Å². The van der Waals surface area contributed by atoms with Crippen LogP contribution in [0.4, 0.5) is 4.79 Å². The predicted molar refractivity (Wildman–Crippen MR) is 131 cm³/mol. The third kappa shape index (κ3) is 4.98. The van der Waals surface area contributed by atoms with E-state index < -0.39 is 0 Å². The normalized spacial score (nSPS) is 15.1. The monoisotopic (exact) mass is 484 g/mol. The molecular weight excluding hydrogens is 464 g/mol. The van der Waals surface area contributed by atoms with E-state index in [1.165, 1.54) is 0 Å². The number of benzene rings is 3. The number of aromatic nitrogens is 2. The first kappa shape index (κ1) is 22.5. The van der Waals surface area contributed by atoms with E-state index in [-0.39, 0.29) is 23.0 Å². The van der Waals surface area contributed by atoms with Crippen LogP contribution in [0.15, 0.2) is 66.7 Å². The van der Waals surface area contributed by atoms with E-state index in [9.17, 15) is 9.59 Å². The predicted octanol–water partition coefficient (Wildman–Crippen LogP) is 4.71. The van der Waals surface area contributed by atoms with Gasteiger partial charge in [0.25, 0.3) is 5.24 Å². The molecule has 1 aliphatic heterocycles. The minimum absolute atomic E-state index is 0.243. The first-order chi connectivity index (χ1) is 17.0. The second-order valence-corrected chi connectivity index (χ2v) is 9.17. The van der Waals surface area contributed by atoms with Gasteiger partial charge in [-0.15, -0.1) is 0 Å². The Bertz CT molecular complexity index is 1460. The lowest BCUT2D eigenvalue weighted by molar-refractivity contribution is -0.118. The molecule has 2 heterocycles. The number of rotatable bonds is 7. The molecule has 1 aliphatic rings. The summed E-state index contributed by atoms with van der Waals surface area (Å²) < 4.78 is 13.8. The molecule has 3 aromatic carbocycles. The molecule has 0 bridgehead atoms. The van der Waals surface area contributed by atoms with Crippen LogP contribution in [0.25, 0.3) is 11.0 Å². The summed E-state index contributed by atoms with van der Waals surface area (Å²) in [4.78, 5) is 27.7. The number of imidazole rings is 1. The van der Waals surface area contributed by atoms with Gasteiger partial charge < -0.3 is 14.0 Å². The number of amides is 2. The van der Waals surface area contributed by atoms with Gasteiger partial charge in [-0.1, -0.05) is 23.9 Å². The van der Waals surface area contributed by atoms with Crippen molar-refractivity contribution in [1.29, 1.82) is 5.26 Å². The van der Waals surface area contributed by atoms with Crippen LogP contribution in [0, 0.1) is 11.3 Å². The van der Waals surface area contributed by atoms with Gasteiger partial charge in [0.05, 0.1) is 27.9 Å². The number of carbonyl (C=O) groups is 2. The fourth-order valence-electron chi connectivity index (χ4n) is 3.76. The summed E-state index contributed by atoms with van der Waals surface area (Å²) in [7, 11) is 1.92. The van der Waals surface area contributed by atoms with Gasteiger partial charge in [-0.3, -0.25) is 14.9 Å². The molecule has 35 heavy (non-hydrogen) atoms. The average Bonchev–Trinajstić information content (AvgIpc) is 3.36. The van der Waals surface area contributed by atoms with Crippen LogP contribution in [-0.2, 0) is 24.9 Å². The van der Waals surface area contributed by atoms with Crippen LogP contribution < -0.4 is 14.8 Å². The Morgan fingerprint density at radius 1 is 1.03 bits per heavy atom. The summed E-state index contributed by atoms with van der Waals surface area (Å²) in [6.07, 6.45) is 0.486. The van der Waals surface area contributed by atoms with Crippen molar-refractivity contribution in [1.82, 2.24) is 14.9 Å². The number of hydrogen-bond donors (Lipinski definition) is 1. The Labute approximate surface area is 205 Å². The van der Waals surface area contributed by atoms with Crippen LogP contribution in [0.5, 0.6) is 17.2 Å². The highest BCUT2D eigenvalue weighted by molar-refractivity contribution is 8.15. The zero-order valence-electron chi connectivity index (χ0n) is 18.7. The summed E-state index contributed by atoms with van der Waals surface area (Å²) in [5.41, 5.74) is 3.27. The minimum atomic E-state index is -0.389. The van der Waals surface area contributed by atoms with Crippen molar-refractivity contribution >= 4 is 33.9 Å². The average molecular weight is 485 g/mol. The second kappa shape index (κ2) is 9.52. The summed E-state index contributed by atoms with van der Waals surface area (Å²) in [6, 6.07) is 22.2. The maximum Gasteiger partial charge on any atom is 0.286 e. The van der Waals surface area contributed by atoms with Crippen molar-refractivity contribution in [2.75, 3.05) is 0 Å². The number of nitrogens with one attached hydrogen (secondary N) is 1. The van der Waals surface area contributed by atoms with Gasteiger partial charge in [0.15, 0.2) is 0 Å². The summed E-state index contributed by atoms with van der Waals surface area (Å²) >= 11 is 1.02. The van der Waals surface area contributed by atoms with Gasteiger partial charge >= 0.3 is 0 Å². The number of ether oxygens (including phenoxy) is 2. The molecule has 0 radical (unpaired) electrons. The third-order valence-corrected chi connectivity index (χ3v) is 6.62. The molecule has 1 fully saturated rings. The topological polar surface area (TPSA) is 106 Å². The van der Waals surface area contributed by atoms with E-state index in [0.717, 1.165) is 34.2 Å². The highest BCUT2D eigenvalue weighted by Gasteiger charge is 2.31. The number of fused-ring (bicyclic) bond motifs is 1. The zero-order valence-corrected chi connectivity index (χ0v) is 19.5. The number of nitriles is 1. The van der Waals surface area contributed by atoms with Crippen LogP contribution in [0.3, 0.4) is 0 Å². The SMILES string of the molecule is Cn1c(COc2ccc(CC3SC(=O)NC3=O)cc2)nc2ccc(Oc3ccc(C#N)cc3)cc21. The lowest BCUT2D eigenvalue weighted by atomic mass is 10.1. The highest BCUT2D eigenvalue weighted by Crippen LogP contribution is 2.27. The van der Waals surface area contributed by atoms with Crippen LogP contribution in [-0.4, -0.2) is 25.9 Å². The standard InChI is InChI=1S/C26H20N4O4S/c1-30-22-13-20(34-19-8-4-17(14-27)5-9-19)10-11-21(22)28-24(30)15-33-18-6-2-16(3-7-18)12-23-25(31)29-26(32)35-23/h2-11,13,23H,12,15H2,1H3,(H,29,31,32). The van der Waals surface area contributed by atoms with Gasteiger partial charge in [-0.2, -0.15) is 5.26 Å². The van der Waals surface area contributed by atoms with Crippen LogP contribution in [0.1, 0.15) is 17.0 Å². The molecule has 4 aromatic rings. The van der Waals surface area contributed by atoms with E-state index in [2.05, 4.69) is 16.4 Å². The second-order valence-electron chi connectivity index (χ2n) is 8.00. The maximum absolute atomic E-state index is 11.8. The minimum Gasteiger partial charge on any atom is -0.486 e. The van der Waals surface area contributed by atoms with Crippen molar-refractivity contribution in [2.24, 2.45) is 7.05 Å². The Balaban J connectivity index is 1.24. The molecule has 0 spiro atoms. The largest absolute Gasteiger partial charge is 0.486 e. The Kier molecular flexibility index (Phi) is 6.12. The van der Waals surface area contributed by atoms with Gasteiger partial charge in [-0.05, 0) is 60.5 Å². The van der Waals surface area contributed by atoms with E-state index in [1.54, 1.807) is 24.3 Å². The molecule has 1 saturated heterocycles. The number of thioether (sulfide) groups is 1. The summed E-state index contributed by atoms with van der Waals surface area (Å²) in [5.74, 6) is 2.52.